The molecule has 1 saturated carbocycles. The van der Waals surface area contributed by atoms with Crippen LogP contribution in [0.2, 0.25) is 5.02 Å². The minimum Gasteiger partial charge on any atom is -0.359 e. The van der Waals surface area contributed by atoms with E-state index in [0.29, 0.717) is 17.3 Å². The second-order valence-corrected chi connectivity index (χ2v) is 12.4. The number of amides is 3. The molecule has 40 heavy (non-hydrogen) atoms. The summed E-state index contributed by atoms with van der Waals surface area (Å²) in [5.74, 6) is -2.10. The summed E-state index contributed by atoms with van der Waals surface area (Å²) in [6.07, 6.45) is 11.5. The van der Waals surface area contributed by atoms with Crippen molar-refractivity contribution in [1.82, 2.24) is 15.1 Å². The molecule has 0 aromatic heterocycles. The van der Waals surface area contributed by atoms with Crippen molar-refractivity contribution >= 4 is 35.0 Å². The summed E-state index contributed by atoms with van der Waals surface area (Å²) in [7, 11) is 2.09. The number of ether oxygens (including phenoxy) is 1. The zero-order chi connectivity index (χ0) is 28.4. The monoisotopic (exact) mass is 570 g/mol. The van der Waals surface area contributed by atoms with Gasteiger partial charge >= 0.3 is 0 Å². The van der Waals surface area contributed by atoms with Gasteiger partial charge < -0.3 is 25.2 Å². The molecule has 0 radical (unpaired) electrons. The fourth-order valence-corrected chi connectivity index (χ4v) is 7.16. The Morgan fingerprint density at radius 2 is 1.90 bits per heavy atom. The molecule has 5 rings (SSSR count). The van der Waals surface area contributed by atoms with Crippen LogP contribution in [0.25, 0.3) is 0 Å². The van der Waals surface area contributed by atoms with Crippen molar-refractivity contribution in [2.45, 2.75) is 89.0 Å². The first-order valence-corrected chi connectivity index (χ1v) is 15.4. The minimum atomic E-state index is -1.14. The standard InChI is InChI=1S/C31H43ClN4O4/c1-4-5-16-35(3)17-9-18-36-27(29(38)33-21-10-7-6-8-11-21)31-15-14-24(40-31)25(26(31)30(36)39)28(37)34-22-13-12-20(2)23(32)19-22/h12-15,19,21,24-27H,4-11,16-18H2,1-3H3,(H,33,38)(H,34,37)/t24-,25+,26-,27-,31+/m1/s1. The normalized spacial score (nSPS) is 29.3. The molecule has 3 amide bonds. The van der Waals surface area contributed by atoms with Crippen LogP contribution in [0.3, 0.4) is 0 Å². The highest BCUT2D eigenvalue weighted by Crippen LogP contribution is 2.55. The van der Waals surface area contributed by atoms with Crippen LogP contribution in [-0.4, -0.2) is 78.0 Å². The SMILES string of the molecule is CCCCN(C)CCCN1C(=O)[C@H]2[C@@H](C(=O)Nc3ccc(C)c(Cl)c3)[C@H]3C=C[C@@]2(O3)[C@H]1C(=O)NC1CCCCC1. The molecular weight excluding hydrogens is 528 g/mol. The molecule has 5 atom stereocenters. The number of hydrogen-bond donors (Lipinski definition) is 2. The van der Waals surface area contributed by atoms with Gasteiger partial charge in [0.15, 0.2) is 0 Å². The number of fused-ring (bicyclic) bond motifs is 1. The molecule has 2 N–H and O–H groups in total. The van der Waals surface area contributed by atoms with Gasteiger partial charge in [0, 0.05) is 23.3 Å². The average Bonchev–Trinajstić information content (AvgIpc) is 3.57. The Bertz CT molecular complexity index is 1150. The number of aryl methyl sites for hydroxylation is 1. The number of carbonyl (C=O) groups excluding carboxylic acids is 3. The van der Waals surface area contributed by atoms with E-state index < -0.39 is 29.6 Å². The van der Waals surface area contributed by atoms with Crippen LogP contribution >= 0.6 is 11.6 Å². The van der Waals surface area contributed by atoms with Gasteiger partial charge in [0.1, 0.15) is 11.6 Å². The predicted molar refractivity (Wildman–Crippen MR) is 156 cm³/mol. The Hall–Kier alpha value is -2.42. The van der Waals surface area contributed by atoms with Crippen LogP contribution in [0.4, 0.5) is 5.69 Å². The summed E-state index contributed by atoms with van der Waals surface area (Å²) in [5, 5.41) is 6.77. The summed E-state index contributed by atoms with van der Waals surface area (Å²) in [6, 6.07) is 4.69. The quantitative estimate of drug-likeness (QED) is 0.387. The Morgan fingerprint density at radius 3 is 2.62 bits per heavy atom. The molecule has 1 spiro atoms. The van der Waals surface area contributed by atoms with Crippen LogP contribution in [0, 0.1) is 18.8 Å². The average molecular weight is 571 g/mol. The van der Waals surface area contributed by atoms with Crippen molar-refractivity contribution in [3.05, 3.63) is 40.9 Å². The van der Waals surface area contributed by atoms with E-state index in [-0.39, 0.29) is 23.8 Å². The predicted octanol–water partition coefficient (Wildman–Crippen LogP) is 4.31. The van der Waals surface area contributed by atoms with Gasteiger partial charge in [0.25, 0.3) is 0 Å². The number of likely N-dealkylation sites (tertiary alicyclic amines) is 1. The number of unbranched alkanes of at least 4 members (excludes halogenated alkanes) is 1. The number of hydrogen-bond acceptors (Lipinski definition) is 5. The van der Waals surface area contributed by atoms with Gasteiger partial charge in [-0.25, -0.2) is 0 Å². The molecule has 218 valence electrons. The lowest BCUT2D eigenvalue weighted by molar-refractivity contribution is -0.141. The van der Waals surface area contributed by atoms with Crippen molar-refractivity contribution in [1.29, 1.82) is 0 Å². The smallest absolute Gasteiger partial charge is 0.246 e. The van der Waals surface area contributed by atoms with Crippen molar-refractivity contribution in [2.24, 2.45) is 11.8 Å². The van der Waals surface area contributed by atoms with E-state index in [1.807, 2.05) is 25.1 Å². The molecule has 0 unspecified atom stereocenters. The van der Waals surface area contributed by atoms with Crippen LogP contribution in [0.15, 0.2) is 30.4 Å². The summed E-state index contributed by atoms with van der Waals surface area (Å²) in [5.41, 5.74) is 0.352. The number of nitrogens with one attached hydrogen (secondary N) is 2. The summed E-state index contributed by atoms with van der Waals surface area (Å²) >= 11 is 6.29. The van der Waals surface area contributed by atoms with Gasteiger partial charge in [-0.2, -0.15) is 0 Å². The minimum absolute atomic E-state index is 0.113. The first-order valence-electron chi connectivity index (χ1n) is 15.0. The molecule has 3 fully saturated rings. The maximum Gasteiger partial charge on any atom is 0.246 e. The van der Waals surface area contributed by atoms with Crippen molar-refractivity contribution in [3.8, 4) is 0 Å². The highest BCUT2D eigenvalue weighted by molar-refractivity contribution is 6.31. The lowest BCUT2D eigenvalue weighted by Gasteiger charge is -2.34. The second-order valence-electron chi connectivity index (χ2n) is 12.0. The van der Waals surface area contributed by atoms with E-state index in [4.69, 9.17) is 16.3 Å². The summed E-state index contributed by atoms with van der Waals surface area (Å²) in [4.78, 5) is 45.6. The number of nitrogens with zero attached hydrogens (tertiary/aromatic N) is 2. The largest absolute Gasteiger partial charge is 0.359 e. The topological polar surface area (TPSA) is 91.0 Å². The lowest BCUT2D eigenvalue weighted by Crippen LogP contribution is -2.56. The Morgan fingerprint density at radius 1 is 1.15 bits per heavy atom. The van der Waals surface area contributed by atoms with Gasteiger partial charge in [-0.15, -0.1) is 0 Å². The Labute approximate surface area is 242 Å². The third-order valence-electron chi connectivity index (χ3n) is 9.15. The number of halogens is 1. The molecular formula is C31H43ClN4O4. The third-order valence-corrected chi connectivity index (χ3v) is 9.56. The number of anilines is 1. The third kappa shape index (κ3) is 5.55. The maximum absolute atomic E-state index is 14.1. The zero-order valence-corrected chi connectivity index (χ0v) is 24.7. The molecule has 9 heteroatoms. The molecule has 3 aliphatic heterocycles. The van der Waals surface area contributed by atoms with Gasteiger partial charge in [-0.1, -0.05) is 62.4 Å². The van der Waals surface area contributed by atoms with E-state index in [1.165, 1.54) is 6.42 Å². The number of benzene rings is 1. The molecule has 2 bridgehead atoms. The Balaban J connectivity index is 1.37. The molecule has 2 saturated heterocycles. The number of rotatable bonds is 11. The van der Waals surface area contributed by atoms with Crippen molar-refractivity contribution in [3.63, 3.8) is 0 Å². The van der Waals surface area contributed by atoms with Gasteiger partial charge in [0.05, 0.1) is 17.9 Å². The molecule has 1 aromatic rings. The van der Waals surface area contributed by atoms with Crippen LogP contribution in [-0.2, 0) is 19.1 Å². The van der Waals surface area contributed by atoms with Crippen LogP contribution < -0.4 is 10.6 Å². The molecule has 1 aromatic carbocycles. The van der Waals surface area contributed by atoms with E-state index in [2.05, 4.69) is 29.5 Å². The van der Waals surface area contributed by atoms with E-state index >= 15 is 0 Å². The van der Waals surface area contributed by atoms with E-state index in [0.717, 1.165) is 63.6 Å². The fourth-order valence-electron chi connectivity index (χ4n) is 6.98. The van der Waals surface area contributed by atoms with Crippen molar-refractivity contribution < 1.29 is 19.1 Å². The highest BCUT2D eigenvalue weighted by Gasteiger charge is 2.72. The lowest BCUT2D eigenvalue weighted by atomic mass is 9.74. The first kappa shape index (κ1) is 29.1. The molecule has 8 nitrogen and oxygen atoms in total. The van der Waals surface area contributed by atoms with Crippen molar-refractivity contribution in [2.75, 3.05) is 32.0 Å². The van der Waals surface area contributed by atoms with Gasteiger partial charge in [0.2, 0.25) is 17.7 Å². The second kappa shape index (κ2) is 12.2. The van der Waals surface area contributed by atoms with E-state index in [1.54, 1.807) is 17.0 Å². The van der Waals surface area contributed by atoms with Gasteiger partial charge in [-0.3, -0.25) is 14.4 Å². The highest BCUT2D eigenvalue weighted by atomic mass is 35.5. The molecule has 1 aliphatic carbocycles. The Kier molecular flexibility index (Phi) is 8.88. The molecule has 4 aliphatic rings. The van der Waals surface area contributed by atoms with Crippen LogP contribution in [0.5, 0.6) is 0 Å². The number of carbonyl (C=O) groups is 3. The summed E-state index contributed by atoms with van der Waals surface area (Å²) < 4.78 is 6.47. The first-order chi connectivity index (χ1) is 19.2. The fraction of sp³-hybridized carbons (Fsp3) is 0.645. The zero-order valence-electron chi connectivity index (χ0n) is 24.0. The maximum atomic E-state index is 14.1. The van der Waals surface area contributed by atoms with Crippen LogP contribution in [0.1, 0.15) is 63.9 Å². The summed E-state index contributed by atoms with van der Waals surface area (Å²) in [6.45, 7) is 6.35. The van der Waals surface area contributed by atoms with Gasteiger partial charge in [-0.05, 0) is 70.4 Å². The van der Waals surface area contributed by atoms with E-state index in [9.17, 15) is 14.4 Å². The molecule has 3 heterocycles.